The molecule has 1 N–H and O–H groups in total. The second-order valence-electron chi connectivity index (χ2n) is 7.04. The van der Waals surface area contributed by atoms with E-state index in [0.717, 1.165) is 23.2 Å². The average molecular weight is 394 g/mol. The number of aryl methyl sites for hydroxylation is 1. The minimum Gasteiger partial charge on any atom is -0.449 e. The van der Waals surface area contributed by atoms with Crippen LogP contribution in [0.2, 0.25) is 0 Å². The molecule has 0 unspecified atom stereocenters. The highest BCUT2D eigenvalue weighted by Gasteiger charge is 2.21. The summed E-state index contributed by atoms with van der Waals surface area (Å²) >= 11 is 0. The van der Waals surface area contributed by atoms with Gasteiger partial charge in [0.25, 0.3) is 5.91 Å². The van der Waals surface area contributed by atoms with E-state index < -0.39 is 12.1 Å². The molecule has 0 saturated carbocycles. The maximum atomic E-state index is 12.6. The number of nitrogens with one attached hydrogen (secondary N) is 1. The summed E-state index contributed by atoms with van der Waals surface area (Å²) in [6.45, 7) is 8.43. The van der Waals surface area contributed by atoms with Crippen molar-refractivity contribution < 1.29 is 14.3 Å². The molecule has 29 heavy (non-hydrogen) atoms. The van der Waals surface area contributed by atoms with E-state index in [1.54, 1.807) is 29.8 Å². The van der Waals surface area contributed by atoms with Gasteiger partial charge in [-0.25, -0.2) is 9.48 Å². The molecule has 0 spiro atoms. The van der Waals surface area contributed by atoms with Crippen LogP contribution in [0.25, 0.3) is 11.0 Å². The zero-order valence-electron chi connectivity index (χ0n) is 17.2. The molecule has 0 aliphatic rings. The van der Waals surface area contributed by atoms with Crippen LogP contribution in [-0.4, -0.2) is 33.0 Å². The Morgan fingerprint density at radius 1 is 1.14 bits per heavy atom. The number of ether oxygens (including phenoxy) is 1. The fraction of sp³-hybridized carbons (Fsp3) is 0.364. The van der Waals surface area contributed by atoms with Gasteiger partial charge < -0.3 is 10.1 Å². The lowest BCUT2D eigenvalue weighted by atomic mass is 9.97. The third kappa shape index (κ3) is 4.45. The molecule has 0 fully saturated rings. The molecule has 0 aliphatic carbocycles. The second-order valence-corrected chi connectivity index (χ2v) is 7.04. The number of benzene rings is 2. The summed E-state index contributed by atoms with van der Waals surface area (Å²) in [5, 5.41) is 11.0. The molecule has 1 heterocycles. The van der Waals surface area contributed by atoms with Gasteiger partial charge in [-0.05, 0) is 56.0 Å². The lowest BCUT2D eigenvalue weighted by molar-refractivity contribution is -0.123. The highest BCUT2D eigenvalue weighted by Crippen LogP contribution is 2.26. The fourth-order valence-corrected chi connectivity index (χ4v) is 3.11. The zero-order valence-corrected chi connectivity index (χ0v) is 17.2. The highest BCUT2D eigenvalue weighted by atomic mass is 16.5. The number of carbonyl (C=O) groups is 2. The molecule has 7 heteroatoms. The van der Waals surface area contributed by atoms with Gasteiger partial charge in [-0.1, -0.05) is 37.3 Å². The summed E-state index contributed by atoms with van der Waals surface area (Å²) < 4.78 is 7.12. The van der Waals surface area contributed by atoms with E-state index in [-0.39, 0.29) is 5.91 Å². The van der Waals surface area contributed by atoms with Crippen LogP contribution in [-0.2, 0) is 16.1 Å². The van der Waals surface area contributed by atoms with Crippen LogP contribution in [0.4, 0.5) is 5.69 Å². The zero-order chi connectivity index (χ0) is 21.0. The van der Waals surface area contributed by atoms with Gasteiger partial charge in [-0.2, -0.15) is 0 Å². The lowest BCUT2D eigenvalue weighted by Crippen LogP contribution is -2.30. The number of carbonyl (C=O) groups excluding carboxylic acids is 2. The number of hydrogen-bond donors (Lipinski definition) is 1. The van der Waals surface area contributed by atoms with Gasteiger partial charge in [-0.3, -0.25) is 4.79 Å². The molecule has 1 aromatic heterocycles. The molecular weight excluding hydrogens is 368 g/mol. The molecule has 0 saturated heterocycles. The lowest BCUT2D eigenvalue weighted by Gasteiger charge is -2.18. The van der Waals surface area contributed by atoms with Crippen molar-refractivity contribution >= 4 is 28.6 Å². The Bertz CT molecular complexity index is 1030. The first-order chi connectivity index (χ1) is 13.9. The molecule has 0 radical (unpaired) electrons. The first kappa shape index (κ1) is 20.5. The summed E-state index contributed by atoms with van der Waals surface area (Å²) in [6, 6.07) is 12.7. The first-order valence-corrected chi connectivity index (χ1v) is 9.88. The van der Waals surface area contributed by atoms with Crippen LogP contribution in [0, 0.1) is 0 Å². The second kappa shape index (κ2) is 8.86. The van der Waals surface area contributed by atoms with Crippen molar-refractivity contribution in [3.8, 4) is 0 Å². The number of anilines is 1. The van der Waals surface area contributed by atoms with Gasteiger partial charge in [-0.15, -0.1) is 5.10 Å². The Kier molecular flexibility index (Phi) is 6.26. The topological polar surface area (TPSA) is 86.1 Å². The highest BCUT2D eigenvalue weighted by molar-refractivity contribution is 5.98. The van der Waals surface area contributed by atoms with E-state index >= 15 is 0 Å². The van der Waals surface area contributed by atoms with Crippen LogP contribution in [0.3, 0.4) is 0 Å². The van der Waals surface area contributed by atoms with E-state index in [0.29, 0.717) is 23.5 Å². The summed E-state index contributed by atoms with van der Waals surface area (Å²) in [7, 11) is 0. The summed E-state index contributed by atoms with van der Waals surface area (Å²) in [4.78, 5) is 25.1. The first-order valence-electron chi connectivity index (χ1n) is 9.88. The van der Waals surface area contributed by atoms with Crippen LogP contribution in [0.1, 0.15) is 56.0 Å². The largest absolute Gasteiger partial charge is 0.449 e. The number of hydrogen-bond acceptors (Lipinski definition) is 5. The van der Waals surface area contributed by atoms with E-state index in [2.05, 4.69) is 29.5 Å². The Hall–Kier alpha value is -3.22. The maximum absolute atomic E-state index is 12.6. The Balaban J connectivity index is 1.69. The third-order valence-electron chi connectivity index (χ3n) is 5.06. The summed E-state index contributed by atoms with van der Waals surface area (Å²) in [5.74, 6) is -0.629. The van der Waals surface area contributed by atoms with Gasteiger partial charge in [0.15, 0.2) is 6.10 Å². The molecule has 2 aromatic carbocycles. The molecule has 2 atom stereocenters. The minimum absolute atomic E-state index is 0.313. The van der Waals surface area contributed by atoms with Crippen LogP contribution in [0.5, 0.6) is 0 Å². The van der Waals surface area contributed by atoms with E-state index in [9.17, 15) is 9.59 Å². The minimum atomic E-state index is -0.936. The predicted octanol–water partition coefficient (Wildman–Crippen LogP) is 4.15. The maximum Gasteiger partial charge on any atom is 0.338 e. The van der Waals surface area contributed by atoms with E-state index in [1.165, 1.54) is 0 Å². The van der Waals surface area contributed by atoms with Gasteiger partial charge in [0.2, 0.25) is 0 Å². The van der Waals surface area contributed by atoms with E-state index in [4.69, 9.17) is 4.74 Å². The van der Waals surface area contributed by atoms with Crippen LogP contribution >= 0.6 is 0 Å². The van der Waals surface area contributed by atoms with Gasteiger partial charge in [0, 0.05) is 12.2 Å². The molecule has 7 nitrogen and oxygen atoms in total. The van der Waals surface area contributed by atoms with Crippen molar-refractivity contribution in [2.24, 2.45) is 0 Å². The SMILES string of the molecule is CC[C@@H](C)c1ccccc1NC(=O)[C@@H](C)OC(=O)c1ccc2c(c1)nnn2CC. The fourth-order valence-electron chi connectivity index (χ4n) is 3.11. The number of rotatable bonds is 7. The van der Waals surface area contributed by atoms with Crippen molar-refractivity contribution in [1.82, 2.24) is 15.0 Å². The number of para-hydroxylation sites is 1. The van der Waals surface area contributed by atoms with Crippen molar-refractivity contribution in [3.63, 3.8) is 0 Å². The number of nitrogens with zero attached hydrogens (tertiary/aromatic N) is 3. The third-order valence-corrected chi connectivity index (χ3v) is 5.06. The van der Waals surface area contributed by atoms with Crippen molar-refractivity contribution in [1.29, 1.82) is 0 Å². The molecule has 3 rings (SSSR count). The number of aromatic nitrogens is 3. The molecular formula is C22H26N4O3. The van der Waals surface area contributed by atoms with Gasteiger partial charge in [0.05, 0.1) is 11.1 Å². The van der Waals surface area contributed by atoms with E-state index in [1.807, 2.05) is 31.2 Å². The van der Waals surface area contributed by atoms with Crippen LogP contribution < -0.4 is 5.32 Å². The number of amides is 1. The van der Waals surface area contributed by atoms with Crippen molar-refractivity contribution in [2.45, 2.75) is 52.7 Å². The average Bonchev–Trinajstić information content (AvgIpc) is 3.15. The molecule has 3 aromatic rings. The Morgan fingerprint density at radius 2 is 1.90 bits per heavy atom. The van der Waals surface area contributed by atoms with Crippen LogP contribution in [0.15, 0.2) is 42.5 Å². The van der Waals surface area contributed by atoms with Gasteiger partial charge >= 0.3 is 5.97 Å². The molecule has 152 valence electrons. The molecule has 1 amide bonds. The molecule has 0 bridgehead atoms. The Labute approximate surface area is 170 Å². The quantitative estimate of drug-likeness (QED) is 0.609. The summed E-state index contributed by atoms with van der Waals surface area (Å²) in [5.41, 5.74) is 3.59. The number of esters is 1. The number of fused-ring (bicyclic) bond motifs is 1. The van der Waals surface area contributed by atoms with Crippen molar-refractivity contribution in [2.75, 3.05) is 5.32 Å². The predicted molar refractivity (Wildman–Crippen MR) is 112 cm³/mol. The smallest absolute Gasteiger partial charge is 0.338 e. The summed E-state index contributed by atoms with van der Waals surface area (Å²) in [6.07, 6.45) is 0.0252. The van der Waals surface area contributed by atoms with Crippen molar-refractivity contribution in [3.05, 3.63) is 53.6 Å². The van der Waals surface area contributed by atoms with Gasteiger partial charge in [0.1, 0.15) is 5.52 Å². The Morgan fingerprint density at radius 3 is 2.62 bits per heavy atom. The normalized spacial score (nSPS) is 13.1. The monoisotopic (exact) mass is 394 g/mol. The standard InChI is InChI=1S/C22H26N4O3/c1-5-14(3)17-9-7-8-10-18(17)23-21(27)15(4)29-22(28)16-11-12-20-19(13-16)24-25-26(20)6-2/h7-15H,5-6H2,1-4H3,(H,23,27)/t14-,15-/m1/s1. The molecule has 0 aliphatic heterocycles.